The van der Waals surface area contributed by atoms with Gasteiger partial charge in [0, 0.05) is 0 Å². The molecule has 142 valence electrons. The van der Waals surface area contributed by atoms with Crippen molar-refractivity contribution in [3.63, 3.8) is 0 Å². The van der Waals surface area contributed by atoms with Gasteiger partial charge in [0.15, 0.2) is 0 Å². The maximum Gasteiger partial charge on any atom is 0.118 e. The molecule has 0 radical (unpaired) electrons. The fourth-order valence-corrected chi connectivity index (χ4v) is 5.37. The van der Waals surface area contributed by atoms with Crippen LogP contribution in [0.15, 0.2) is 54.1 Å². The molecule has 2 saturated carbocycles. The van der Waals surface area contributed by atoms with Crippen molar-refractivity contribution in [2.45, 2.75) is 40.0 Å². The molecule has 2 bridgehead atoms. The molecule has 0 aliphatic heterocycles. The van der Waals surface area contributed by atoms with E-state index in [0.717, 1.165) is 17.4 Å². The van der Waals surface area contributed by atoms with Gasteiger partial charge < -0.3 is 9.47 Å². The number of methoxy groups -OCH3 is 2. The second-order valence-electron chi connectivity index (χ2n) is 8.80. The van der Waals surface area contributed by atoms with E-state index in [2.05, 4.69) is 69.3 Å². The molecule has 2 fully saturated rings. The summed E-state index contributed by atoms with van der Waals surface area (Å²) in [7, 11) is 3.44. The number of ether oxygens (including phenoxy) is 2. The van der Waals surface area contributed by atoms with Gasteiger partial charge in [-0.1, -0.05) is 50.6 Å². The molecule has 0 unspecified atom stereocenters. The van der Waals surface area contributed by atoms with Crippen LogP contribution in [0.3, 0.4) is 0 Å². The van der Waals surface area contributed by atoms with Crippen LogP contribution in [-0.4, -0.2) is 14.2 Å². The van der Waals surface area contributed by atoms with Crippen molar-refractivity contribution in [1.82, 2.24) is 0 Å². The van der Waals surface area contributed by atoms with E-state index in [0.29, 0.717) is 5.41 Å². The minimum Gasteiger partial charge on any atom is -0.497 e. The molecular formula is C25H30O2. The van der Waals surface area contributed by atoms with Gasteiger partial charge in [0.1, 0.15) is 11.5 Å². The molecule has 0 saturated heterocycles. The van der Waals surface area contributed by atoms with E-state index in [1.165, 1.54) is 36.0 Å². The highest BCUT2D eigenvalue weighted by Gasteiger charge is 2.59. The Balaban J connectivity index is 1.91. The molecule has 0 heterocycles. The molecule has 2 aliphatic carbocycles. The van der Waals surface area contributed by atoms with Gasteiger partial charge in [0.05, 0.1) is 14.2 Å². The topological polar surface area (TPSA) is 18.5 Å². The van der Waals surface area contributed by atoms with Gasteiger partial charge in [-0.05, 0) is 77.0 Å². The zero-order chi connectivity index (χ0) is 19.2. The first-order valence-corrected chi connectivity index (χ1v) is 9.93. The first-order chi connectivity index (χ1) is 12.9. The van der Waals surface area contributed by atoms with E-state index in [1.54, 1.807) is 19.8 Å². The van der Waals surface area contributed by atoms with E-state index < -0.39 is 0 Å². The fraction of sp³-hybridized carbons (Fsp3) is 0.440. The summed E-state index contributed by atoms with van der Waals surface area (Å²) in [5.74, 6) is 2.58. The van der Waals surface area contributed by atoms with Crippen LogP contribution in [0.25, 0.3) is 5.57 Å². The van der Waals surface area contributed by atoms with Crippen molar-refractivity contribution in [3.05, 3.63) is 65.2 Å². The lowest BCUT2D eigenvalue weighted by Crippen LogP contribution is -2.28. The number of fused-ring (bicyclic) bond motifs is 2. The minimum atomic E-state index is 0.257. The Morgan fingerprint density at radius 2 is 1.30 bits per heavy atom. The number of hydrogen-bond acceptors (Lipinski definition) is 2. The van der Waals surface area contributed by atoms with Crippen molar-refractivity contribution in [2.24, 2.45) is 16.7 Å². The predicted octanol–water partition coefficient (Wildman–Crippen LogP) is 6.35. The smallest absolute Gasteiger partial charge is 0.118 e. The molecule has 2 heteroatoms. The van der Waals surface area contributed by atoms with Gasteiger partial charge in [0.25, 0.3) is 0 Å². The minimum absolute atomic E-state index is 0.257. The lowest BCUT2D eigenvalue weighted by Gasteiger charge is -2.37. The number of hydrogen-bond donors (Lipinski definition) is 0. The average molecular weight is 363 g/mol. The third-order valence-corrected chi connectivity index (χ3v) is 7.61. The molecular weight excluding hydrogens is 332 g/mol. The lowest BCUT2D eigenvalue weighted by atomic mass is 9.67. The first-order valence-electron chi connectivity index (χ1n) is 9.93. The summed E-state index contributed by atoms with van der Waals surface area (Å²) in [5, 5.41) is 0. The number of benzene rings is 2. The lowest BCUT2D eigenvalue weighted by molar-refractivity contribution is 0.179. The Kier molecular flexibility index (Phi) is 4.33. The molecule has 0 amide bonds. The largest absolute Gasteiger partial charge is 0.497 e. The van der Waals surface area contributed by atoms with Crippen LogP contribution in [0, 0.1) is 16.7 Å². The van der Waals surface area contributed by atoms with Gasteiger partial charge in [-0.25, -0.2) is 0 Å². The highest BCUT2D eigenvalue weighted by atomic mass is 16.5. The summed E-state index contributed by atoms with van der Waals surface area (Å²) >= 11 is 0. The molecule has 0 spiro atoms. The molecule has 2 aromatic rings. The van der Waals surface area contributed by atoms with Crippen molar-refractivity contribution in [2.75, 3.05) is 14.2 Å². The third-order valence-electron chi connectivity index (χ3n) is 7.61. The Morgan fingerprint density at radius 3 is 1.63 bits per heavy atom. The summed E-state index contributed by atoms with van der Waals surface area (Å²) in [6.07, 6.45) is 3.85. The zero-order valence-electron chi connectivity index (χ0n) is 17.1. The molecule has 4 rings (SSSR count). The van der Waals surface area contributed by atoms with E-state index in [9.17, 15) is 0 Å². The van der Waals surface area contributed by atoms with Crippen LogP contribution in [-0.2, 0) is 0 Å². The second-order valence-corrected chi connectivity index (χ2v) is 8.80. The molecule has 27 heavy (non-hydrogen) atoms. The summed E-state index contributed by atoms with van der Waals surface area (Å²) in [5.41, 5.74) is 6.19. The summed E-state index contributed by atoms with van der Waals surface area (Å²) < 4.78 is 10.8. The predicted molar refractivity (Wildman–Crippen MR) is 111 cm³/mol. The number of allylic oxidation sites excluding steroid dienone is 1. The van der Waals surface area contributed by atoms with E-state index in [1.807, 2.05) is 0 Å². The fourth-order valence-electron chi connectivity index (χ4n) is 5.37. The maximum atomic E-state index is 5.38. The van der Waals surface area contributed by atoms with E-state index in [4.69, 9.17) is 9.47 Å². The Bertz CT molecular complexity index is 809. The van der Waals surface area contributed by atoms with Gasteiger partial charge in [-0.15, -0.1) is 0 Å². The van der Waals surface area contributed by atoms with Crippen molar-refractivity contribution in [3.8, 4) is 11.5 Å². The summed E-state index contributed by atoms with van der Waals surface area (Å²) in [4.78, 5) is 0. The van der Waals surface area contributed by atoms with Crippen LogP contribution in [0.5, 0.6) is 11.5 Å². The van der Waals surface area contributed by atoms with Crippen LogP contribution in [0.4, 0.5) is 0 Å². The Morgan fingerprint density at radius 1 is 0.815 bits per heavy atom. The van der Waals surface area contributed by atoms with E-state index >= 15 is 0 Å². The van der Waals surface area contributed by atoms with Crippen LogP contribution in [0.2, 0.25) is 0 Å². The van der Waals surface area contributed by atoms with Gasteiger partial charge in [-0.2, -0.15) is 0 Å². The Labute approximate surface area is 163 Å². The van der Waals surface area contributed by atoms with Gasteiger partial charge in [0.2, 0.25) is 0 Å². The first kappa shape index (κ1) is 18.2. The molecule has 2 atom stereocenters. The molecule has 2 aromatic carbocycles. The third kappa shape index (κ3) is 2.69. The number of rotatable bonds is 4. The average Bonchev–Trinajstić information content (AvgIpc) is 3.03. The molecule has 0 aromatic heterocycles. The van der Waals surface area contributed by atoms with Crippen LogP contribution in [0.1, 0.15) is 51.2 Å². The monoisotopic (exact) mass is 362 g/mol. The normalized spacial score (nSPS) is 25.5. The van der Waals surface area contributed by atoms with Gasteiger partial charge >= 0.3 is 0 Å². The summed E-state index contributed by atoms with van der Waals surface area (Å²) in [6, 6.07) is 17.1. The van der Waals surface area contributed by atoms with Crippen molar-refractivity contribution in [1.29, 1.82) is 0 Å². The Hall–Kier alpha value is -2.22. The molecule has 0 N–H and O–H groups in total. The molecule has 2 aliphatic rings. The zero-order valence-corrected chi connectivity index (χ0v) is 17.1. The standard InChI is InChI=1S/C25H30O2/c1-24(2)19-14-15-25(24,3)22(16-19)23(17-6-10-20(26-4)11-7-17)18-8-12-21(27-5)13-9-18/h6-13,19H,14-16H2,1-5H3/t19-,25+/m1/s1. The highest BCUT2D eigenvalue weighted by molar-refractivity contribution is 5.84. The maximum absolute atomic E-state index is 5.38. The quantitative estimate of drug-likeness (QED) is 0.631. The SMILES string of the molecule is COc1ccc(C(=C2C[C@H]3CC[C@]2(C)C3(C)C)c2ccc(OC)cc2)cc1. The van der Waals surface area contributed by atoms with Crippen molar-refractivity contribution < 1.29 is 9.47 Å². The molecule has 2 nitrogen and oxygen atoms in total. The second kappa shape index (κ2) is 6.44. The highest BCUT2D eigenvalue weighted by Crippen LogP contribution is 2.69. The van der Waals surface area contributed by atoms with Crippen LogP contribution < -0.4 is 9.47 Å². The van der Waals surface area contributed by atoms with Crippen molar-refractivity contribution >= 4 is 5.57 Å². The summed E-state index contributed by atoms with van der Waals surface area (Å²) in [6.45, 7) is 7.43. The van der Waals surface area contributed by atoms with Gasteiger partial charge in [-0.3, -0.25) is 0 Å². The van der Waals surface area contributed by atoms with E-state index in [-0.39, 0.29) is 5.41 Å². The van der Waals surface area contributed by atoms with Crippen LogP contribution >= 0.6 is 0 Å².